The lowest BCUT2D eigenvalue weighted by molar-refractivity contribution is -0.146. The highest BCUT2D eigenvalue weighted by Crippen LogP contribution is 2.05. The van der Waals surface area contributed by atoms with Gasteiger partial charge < -0.3 is 24.3 Å². The van der Waals surface area contributed by atoms with E-state index in [4.69, 9.17) is 14.2 Å². The van der Waals surface area contributed by atoms with Gasteiger partial charge in [0.15, 0.2) is 0 Å². The van der Waals surface area contributed by atoms with Crippen LogP contribution in [-0.2, 0) is 23.7 Å². The van der Waals surface area contributed by atoms with E-state index in [1.165, 1.54) is 7.11 Å². The summed E-state index contributed by atoms with van der Waals surface area (Å²) in [5, 5.41) is 2.56. The lowest BCUT2D eigenvalue weighted by Gasteiger charge is -2.19. The molecule has 0 aromatic heterocycles. The van der Waals surface area contributed by atoms with Crippen LogP contribution in [0.1, 0.15) is 20.8 Å². The third-order valence-electron chi connectivity index (χ3n) is 1.73. The van der Waals surface area contributed by atoms with E-state index in [0.717, 1.165) is 0 Å². The van der Waals surface area contributed by atoms with E-state index in [9.17, 15) is 9.59 Å². The topological polar surface area (TPSA) is 83.1 Å². The van der Waals surface area contributed by atoms with Gasteiger partial charge in [0.1, 0.15) is 12.2 Å². The molecule has 19 heavy (non-hydrogen) atoms. The summed E-state index contributed by atoms with van der Waals surface area (Å²) in [4.78, 5) is 21.9. The van der Waals surface area contributed by atoms with Crippen molar-refractivity contribution in [3.8, 4) is 0 Å². The van der Waals surface area contributed by atoms with Crippen molar-refractivity contribution in [2.45, 2.75) is 26.4 Å². The monoisotopic (exact) mass is 277 g/mol. The Morgan fingerprint density at radius 1 is 1.05 bits per heavy atom. The van der Waals surface area contributed by atoms with Crippen LogP contribution in [-0.4, -0.2) is 57.7 Å². The molecule has 0 aromatic carbocycles. The summed E-state index contributed by atoms with van der Waals surface area (Å²) in [6.45, 7) is 6.63. The molecule has 112 valence electrons. The molecule has 0 aliphatic rings. The SMILES string of the molecule is COC(=O)COCCOCCNC(=O)OC(C)(C)C. The van der Waals surface area contributed by atoms with E-state index in [1.807, 2.05) is 0 Å². The van der Waals surface area contributed by atoms with E-state index >= 15 is 0 Å². The van der Waals surface area contributed by atoms with Crippen LogP contribution in [0.4, 0.5) is 4.79 Å². The van der Waals surface area contributed by atoms with E-state index < -0.39 is 17.7 Å². The molecular formula is C12H23NO6. The van der Waals surface area contributed by atoms with Crippen molar-refractivity contribution in [2.75, 3.05) is 40.1 Å². The van der Waals surface area contributed by atoms with Crippen LogP contribution in [0.25, 0.3) is 0 Å². The number of esters is 1. The molecule has 0 unspecified atom stereocenters. The van der Waals surface area contributed by atoms with Gasteiger partial charge in [0.25, 0.3) is 0 Å². The molecule has 0 aromatic rings. The van der Waals surface area contributed by atoms with Crippen molar-refractivity contribution in [3.63, 3.8) is 0 Å². The summed E-state index contributed by atoms with van der Waals surface area (Å²) >= 11 is 0. The van der Waals surface area contributed by atoms with E-state index in [1.54, 1.807) is 20.8 Å². The number of carbonyl (C=O) groups is 2. The number of hydrogen-bond acceptors (Lipinski definition) is 6. The number of carbonyl (C=O) groups excluding carboxylic acids is 2. The predicted molar refractivity (Wildman–Crippen MR) is 67.9 cm³/mol. The second kappa shape index (κ2) is 9.57. The average molecular weight is 277 g/mol. The van der Waals surface area contributed by atoms with Gasteiger partial charge in [0, 0.05) is 6.54 Å². The van der Waals surface area contributed by atoms with Crippen molar-refractivity contribution < 1.29 is 28.5 Å². The minimum absolute atomic E-state index is 0.0873. The second-order valence-electron chi connectivity index (χ2n) is 4.67. The number of nitrogens with one attached hydrogen (secondary N) is 1. The largest absolute Gasteiger partial charge is 0.467 e. The molecule has 0 atom stereocenters. The maximum atomic E-state index is 11.2. The number of ether oxygens (including phenoxy) is 4. The molecule has 0 saturated heterocycles. The van der Waals surface area contributed by atoms with Gasteiger partial charge in [0.2, 0.25) is 0 Å². The highest BCUT2D eigenvalue weighted by molar-refractivity contribution is 5.70. The van der Waals surface area contributed by atoms with Gasteiger partial charge in [0.05, 0.1) is 26.9 Å². The molecule has 0 spiro atoms. The van der Waals surface area contributed by atoms with Crippen LogP contribution in [0.3, 0.4) is 0 Å². The fourth-order valence-electron chi connectivity index (χ4n) is 0.974. The minimum Gasteiger partial charge on any atom is -0.467 e. The minimum atomic E-state index is -0.507. The van der Waals surface area contributed by atoms with Crippen molar-refractivity contribution in [1.82, 2.24) is 5.32 Å². The molecule has 0 saturated carbocycles. The van der Waals surface area contributed by atoms with Crippen LogP contribution in [0.2, 0.25) is 0 Å². The Morgan fingerprint density at radius 2 is 1.68 bits per heavy atom. The van der Waals surface area contributed by atoms with Crippen molar-refractivity contribution in [2.24, 2.45) is 0 Å². The van der Waals surface area contributed by atoms with Crippen molar-refractivity contribution >= 4 is 12.1 Å². The Morgan fingerprint density at radius 3 is 2.26 bits per heavy atom. The van der Waals surface area contributed by atoms with Crippen LogP contribution in [0.5, 0.6) is 0 Å². The molecule has 7 nitrogen and oxygen atoms in total. The van der Waals surface area contributed by atoms with Crippen molar-refractivity contribution in [3.05, 3.63) is 0 Å². The summed E-state index contributed by atoms with van der Waals surface area (Å²) in [5.74, 6) is -0.424. The highest BCUT2D eigenvalue weighted by atomic mass is 16.6. The maximum Gasteiger partial charge on any atom is 0.407 e. The molecule has 1 amide bonds. The fourth-order valence-corrected chi connectivity index (χ4v) is 0.974. The first-order valence-electron chi connectivity index (χ1n) is 6.04. The molecule has 1 N–H and O–H groups in total. The summed E-state index contributed by atoms with van der Waals surface area (Å²) in [5.41, 5.74) is -0.507. The zero-order chi connectivity index (χ0) is 14.7. The maximum absolute atomic E-state index is 11.2. The van der Waals surface area contributed by atoms with E-state index in [-0.39, 0.29) is 6.61 Å². The third kappa shape index (κ3) is 12.9. The van der Waals surface area contributed by atoms with Gasteiger partial charge in [-0.05, 0) is 20.8 Å². The Kier molecular flexibility index (Phi) is 8.90. The number of alkyl carbamates (subject to hydrolysis) is 1. The zero-order valence-electron chi connectivity index (χ0n) is 12.0. The normalized spacial score (nSPS) is 10.9. The molecule has 0 bridgehead atoms. The molecule has 7 heteroatoms. The zero-order valence-corrected chi connectivity index (χ0v) is 12.0. The molecule has 0 heterocycles. The number of methoxy groups -OCH3 is 1. The van der Waals surface area contributed by atoms with Crippen LogP contribution < -0.4 is 5.32 Å². The van der Waals surface area contributed by atoms with Crippen molar-refractivity contribution in [1.29, 1.82) is 0 Å². The Balaban J connectivity index is 3.32. The lowest BCUT2D eigenvalue weighted by atomic mass is 10.2. The van der Waals surface area contributed by atoms with E-state index in [2.05, 4.69) is 10.1 Å². The standard InChI is InChI=1S/C12H23NO6/c1-12(2,3)19-11(15)13-5-6-17-7-8-18-9-10(14)16-4/h5-9H2,1-4H3,(H,13,15). The number of rotatable bonds is 8. The van der Waals surface area contributed by atoms with Gasteiger partial charge >= 0.3 is 12.1 Å². The Hall–Kier alpha value is -1.34. The lowest BCUT2D eigenvalue weighted by Crippen LogP contribution is -2.34. The van der Waals surface area contributed by atoms with Gasteiger partial charge in [-0.2, -0.15) is 0 Å². The fraction of sp³-hybridized carbons (Fsp3) is 0.833. The highest BCUT2D eigenvalue weighted by Gasteiger charge is 2.15. The molecule has 0 aliphatic heterocycles. The first-order valence-corrected chi connectivity index (χ1v) is 6.04. The Labute approximate surface area is 113 Å². The molecular weight excluding hydrogens is 254 g/mol. The van der Waals surface area contributed by atoms with E-state index in [0.29, 0.717) is 26.4 Å². The average Bonchev–Trinajstić information content (AvgIpc) is 2.29. The van der Waals surface area contributed by atoms with Gasteiger partial charge in [-0.25, -0.2) is 9.59 Å². The number of hydrogen-bond donors (Lipinski definition) is 1. The van der Waals surface area contributed by atoms with Crippen LogP contribution in [0, 0.1) is 0 Å². The van der Waals surface area contributed by atoms with Gasteiger partial charge in [-0.1, -0.05) is 0 Å². The first-order chi connectivity index (χ1) is 8.85. The molecule has 0 radical (unpaired) electrons. The van der Waals surface area contributed by atoms with Crippen LogP contribution >= 0.6 is 0 Å². The predicted octanol–water partition coefficient (Wildman–Crippen LogP) is 0.717. The molecule has 0 rings (SSSR count). The summed E-state index contributed by atoms with van der Waals surface area (Å²) in [6, 6.07) is 0. The Bertz CT molecular complexity index is 274. The molecule has 0 aliphatic carbocycles. The number of amides is 1. The van der Waals surface area contributed by atoms with Gasteiger partial charge in [-0.3, -0.25) is 0 Å². The second-order valence-corrected chi connectivity index (χ2v) is 4.67. The third-order valence-corrected chi connectivity index (χ3v) is 1.73. The molecule has 0 fully saturated rings. The smallest absolute Gasteiger partial charge is 0.407 e. The summed E-state index contributed by atoms with van der Waals surface area (Å²) in [6.07, 6.45) is -0.474. The first kappa shape index (κ1) is 17.7. The summed E-state index contributed by atoms with van der Waals surface area (Å²) < 4.78 is 19.6. The van der Waals surface area contributed by atoms with Crippen LogP contribution in [0.15, 0.2) is 0 Å². The summed E-state index contributed by atoms with van der Waals surface area (Å²) in [7, 11) is 1.30. The quantitative estimate of drug-likeness (QED) is 0.520. The van der Waals surface area contributed by atoms with Gasteiger partial charge in [-0.15, -0.1) is 0 Å².